The zero-order chi connectivity index (χ0) is 38.5. The van der Waals surface area contributed by atoms with Gasteiger partial charge in [-0.2, -0.15) is 0 Å². The Morgan fingerprint density at radius 3 is 1.63 bits per heavy atom. The van der Waals surface area contributed by atoms with Crippen molar-refractivity contribution in [2.24, 2.45) is 5.92 Å². The van der Waals surface area contributed by atoms with E-state index in [1.54, 1.807) is 36.5 Å². The molecule has 0 aromatic heterocycles. The minimum atomic E-state index is -1.09. The summed E-state index contributed by atoms with van der Waals surface area (Å²) in [7, 11) is 0. The van der Waals surface area contributed by atoms with Crippen LogP contribution < -0.4 is 0 Å². The number of carbonyl (C=O) groups excluding carboxylic acids is 2. The molecule has 0 heterocycles. The Hall–Kier alpha value is -2.26. The van der Waals surface area contributed by atoms with Crippen molar-refractivity contribution in [2.45, 2.75) is 199 Å². The van der Waals surface area contributed by atoms with Crippen molar-refractivity contribution in [3.05, 3.63) is 48.6 Å². The molecule has 0 saturated carbocycles. The van der Waals surface area contributed by atoms with Crippen LogP contribution in [0.25, 0.3) is 0 Å². The first-order valence-corrected chi connectivity index (χ1v) is 20.9. The molecule has 302 valence electrons. The van der Waals surface area contributed by atoms with Gasteiger partial charge in [0.25, 0.3) is 0 Å². The molecule has 1 unspecified atom stereocenters. The molecule has 0 rings (SSSR count). The fourth-order valence-electron chi connectivity index (χ4n) is 5.80. The molecule has 8 nitrogen and oxygen atoms in total. The zero-order valence-electron chi connectivity index (χ0n) is 33.3. The highest BCUT2D eigenvalue weighted by Gasteiger charge is 2.18. The SMILES string of the molecule is CCCCC[C@H](O)/C=C/C=C\C=C\C=C\[C@H](O)[C@@H](O)CCCC(=O)O[C@@H](CO)COC(=O)CCCCCCCCCCCCCCCCC(C)CC. The fourth-order valence-corrected chi connectivity index (χ4v) is 5.80. The summed E-state index contributed by atoms with van der Waals surface area (Å²) in [5.74, 6) is -0.0340. The molecular formula is C44H78O8. The maximum absolute atomic E-state index is 12.2. The van der Waals surface area contributed by atoms with Crippen LogP contribution in [0.2, 0.25) is 0 Å². The Morgan fingerprint density at radius 2 is 1.08 bits per heavy atom. The van der Waals surface area contributed by atoms with Gasteiger partial charge in [-0.05, 0) is 31.6 Å². The molecule has 0 fully saturated rings. The summed E-state index contributed by atoms with van der Waals surface area (Å²) in [6, 6.07) is 0. The van der Waals surface area contributed by atoms with E-state index in [-0.39, 0.29) is 31.8 Å². The molecule has 5 atom stereocenters. The van der Waals surface area contributed by atoms with Crippen molar-refractivity contribution in [1.29, 1.82) is 0 Å². The third-order valence-electron chi connectivity index (χ3n) is 9.53. The summed E-state index contributed by atoms with van der Waals surface area (Å²) in [5.41, 5.74) is 0. The van der Waals surface area contributed by atoms with Crippen molar-refractivity contribution < 1.29 is 39.5 Å². The minimum Gasteiger partial charge on any atom is -0.462 e. The van der Waals surface area contributed by atoms with Crippen LogP contribution in [0.4, 0.5) is 0 Å². The smallest absolute Gasteiger partial charge is 0.306 e. The van der Waals surface area contributed by atoms with Gasteiger partial charge in [0.15, 0.2) is 6.10 Å². The van der Waals surface area contributed by atoms with Crippen LogP contribution >= 0.6 is 0 Å². The summed E-state index contributed by atoms with van der Waals surface area (Å²) in [5, 5.41) is 39.8. The van der Waals surface area contributed by atoms with E-state index in [1.807, 2.05) is 6.08 Å². The summed E-state index contributed by atoms with van der Waals surface area (Å²) in [6.45, 7) is 6.13. The van der Waals surface area contributed by atoms with Gasteiger partial charge in [-0.3, -0.25) is 9.59 Å². The third kappa shape index (κ3) is 33.6. The molecule has 0 radical (unpaired) electrons. The van der Waals surface area contributed by atoms with E-state index in [4.69, 9.17) is 9.47 Å². The predicted molar refractivity (Wildman–Crippen MR) is 214 cm³/mol. The van der Waals surface area contributed by atoms with Crippen LogP contribution in [0, 0.1) is 5.92 Å². The number of aliphatic hydroxyl groups is 4. The second kappa shape index (κ2) is 37.1. The lowest BCUT2D eigenvalue weighted by molar-refractivity contribution is -0.161. The monoisotopic (exact) mass is 735 g/mol. The Labute approximate surface area is 317 Å². The van der Waals surface area contributed by atoms with E-state index >= 15 is 0 Å². The molecular weight excluding hydrogens is 656 g/mol. The lowest BCUT2D eigenvalue weighted by atomic mass is 9.99. The maximum Gasteiger partial charge on any atom is 0.306 e. The highest BCUT2D eigenvalue weighted by Crippen LogP contribution is 2.16. The van der Waals surface area contributed by atoms with Crippen LogP contribution in [-0.2, 0) is 19.1 Å². The number of hydrogen-bond acceptors (Lipinski definition) is 8. The molecule has 0 aliphatic heterocycles. The molecule has 0 aliphatic carbocycles. The van der Waals surface area contributed by atoms with Gasteiger partial charge < -0.3 is 29.9 Å². The second-order valence-corrected chi connectivity index (χ2v) is 14.5. The molecule has 8 heteroatoms. The molecule has 0 saturated heterocycles. The molecule has 0 aromatic carbocycles. The maximum atomic E-state index is 12.2. The standard InChI is InChI=1S/C44H78O8/c1-4-6-23-30-39(46)31-25-20-17-18-21-26-32-41(47)42(48)33-28-35-44(50)52-40(36-45)37-51-43(49)34-27-22-16-14-12-10-8-7-9-11-13-15-19-24-29-38(3)5-2/h17-18,20-21,25-26,31-32,38-42,45-48H,4-16,19,22-24,27-30,33-37H2,1-3H3/b20-17-,21-18+,31-25+,32-26+/t38?,39-,40-,41-,42-/m0/s1. The highest BCUT2D eigenvalue weighted by molar-refractivity contribution is 5.70. The van der Waals surface area contributed by atoms with E-state index in [2.05, 4.69) is 20.8 Å². The summed E-state index contributed by atoms with van der Waals surface area (Å²) >= 11 is 0. The first-order chi connectivity index (χ1) is 25.2. The number of carbonyl (C=O) groups is 2. The van der Waals surface area contributed by atoms with Crippen molar-refractivity contribution in [1.82, 2.24) is 0 Å². The molecule has 0 aromatic rings. The van der Waals surface area contributed by atoms with Gasteiger partial charge >= 0.3 is 11.9 Å². The van der Waals surface area contributed by atoms with E-state index in [9.17, 15) is 30.0 Å². The van der Waals surface area contributed by atoms with Gasteiger partial charge in [-0.1, -0.05) is 185 Å². The first kappa shape index (κ1) is 49.7. The van der Waals surface area contributed by atoms with E-state index in [0.717, 1.165) is 50.9 Å². The largest absolute Gasteiger partial charge is 0.462 e. The molecule has 0 spiro atoms. The van der Waals surface area contributed by atoms with Crippen molar-refractivity contribution >= 4 is 11.9 Å². The lowest BCUT2D eigenvalue weighted by Crippen LogP contribution is -2.29. The molecule has 52 heavy (non-hydrogen) atoms. The number of allylic oxidation sites excluding steroid dienone is 6. The second-order valence-electron chi connectivity index (χ2n) is 14.5. The molecule has 0 aliphatic rings. The van der Waals surface area contributed by atoms with Crippen LogP contribution in [0.1, 0.15) is 175 Å². The van der Waals surface area contributed by atoms with Gasteiger partial charge in [-0.25, -0.2) is 0 Å². The van der Waals surface area contributed by atoms with Crippen LogP contribution in [0.15, 0.2) is 48.6 Å². The normalized spacial score (nSPS) is 15.1. The van der Waals surface area contributed by atoms with Crippen LogP contribution in [0.5, 0.6) is 0 Å². The summed E-state index contributed by atoms with van der Waals surface area (Å²) in [6.07, 6.45) is 35.3. The number of rotatable bonds is 36. The van der Waals surface area contributed by atoms with Crippen LogP contribution in [0.3, 0.4) is 0 Å². The number of hydrogen-bond donors (Lipinski definition) is 4. The summed E-state index contributed by atoms with van der Waals surface area (Å²) in [4.78, 5) is 24.3. The van der Waals surface area contributed by atoms with Gasteiger partial charge in [0.1, 0.15) is 6.61 Å². The van der Waals surface area contributed by atoms with Crippen molar-refractivity contribution in [3.8, 4) is 0 Å². The predicted octanol–water partition coefficient (Wildman–Crippen LogP) is 9.78. The molecule has 0 bridgehead atoms. The molecule has 4 N–H and O–H groups in total. The number of esters is 2. The van der Waals surface area contributed by atoms with E-state index in [1.165, 1.54) is 89.5 Å². The lowest BCUT2D eigenvalue weighted by Gasteiger charge is -2.17. The van der Waals surface area contributed by atoms with Gasteiger partial charge in [0.2, 0.25) is 0 Å². The number of aliphatic hydroxyl groups excluding tert-OH is 4. The first-order valence-electron chi connectivity index (χ1n) is 20.9. The highest BCUT2D eigenvalue weighted by atomic mass is 16.6. The average molecular weight is 735 g/mol. The quantitative estimate of drug-likeness (QED) is 0.0284. The van der Waals surface area contributed by atoms with Crippen molar-refractivity contribution in [2.75, 3.05) is 13.2 Å². The van der Waals surface area contributed by atoms with Crippen molar-refractivity contribution in [3.63, 3.8) is 0 Å². The Balaban J connectivity index is 3.86. The number of ether oxygens (including phenoxy) is 2. The average Bonchev–Trinajstić information content (AvgIpc) is 3.13. The van der Waals surface area contributed by atoms with Gasteiger partial charge in [-0.15, -0.1) is 0 Å². The summed E-state index contributed by atoms with van der Waals surface area (Å²) < 4.78 is 10.5. The van der Waals surface area contributed by atoms with E-state index in [0.29, 0.717) is 6.42 Å². The zero-order valence-corrected chi connectivity index (χ0v) is 33.3. The van der Waals surface area contributed by atoms with Gasteiger partial charge in [0.05, 0.1) is 24.9 Å². The molecule has 0 amide bonds. The fraction of sp³-hybridized carbons (Fsp3) is 0.773. The van der Waals surface area contributed by atoms with Gasteiger partial charge in [0, 0.05) is 12.8 Å². The topological polar surface area (TPSA) is 134 Å². The Bertz CT molecular complexity index is 943. The number of unbranched alkanes of at least 4 members (excludes halogenated alkanes) is 15. The third-order valence-corrected chi connectivity index (χ3v) is 9.53. The Morgan fingerprint density at radius 1 is 0.577 bits per heavy atom. The van der Waals surface area contributed by atoms with E-state index < -0.39 is 37.0 Å². The minimum absolute atomic E-state index is 0.00218. The van der Waals surface area contributed by atoms with Crippen LogP contribution in [-0.4, -0.2) is 70.0 Å². The Kier molecular flexibility index (Phi) is 35.5.